The van der Waals surface area contributed by atoms with Crippen LogP contribution in [0, 0.1) is 10.1 Å². The van der Waals surface area contributed by atoms with Crippen molar-refractivity contribution in [1.82, 2.24) is 0 Å². The van der Waals surface area contributed by atoms with E-state index < -0.39 is 16.5 Å². The maximum atomic E-state index is 11.4. The largest absolute Gasteiger partial charge is 0.457 e. The van der Waals surface area contributed by atoms with E-state index in [9.17, 15) is 14.9 Å². The maximum absolute atomic E-state index is 11.4. The van der Waals surface area contributed by atoms with Crippen molar-refractivity contribution in [2.24, 2.45) is 0 Å². The molecule has 0 saturated heterocycles. The van der Waals surface area contributed by atoms with E-state index in [0.29, 0.717) is 5.56 Å². The first-order valence-corrected chi connectivity index (χ1v) is 5.43. The highest BCUT2D eigenvalue weighted by molar-refractivity contribution is 5.87. The molecule has 5 nitrogen and oxygen atoms in total. The minimum atomic E-state index is -0.531. The van der Waals surface area contributed by atoms with E-state index in [2.05, 4.69) is 0 Å². The fraction of sp³-hybridized carbons (Fsp3) is 0.308. The van der Waals surface area contributed by atoms with Crippen LogP contribution in [-0.2, 0) is 9.53 Å². The molecule has 1 rings (SSSR count). The third-order valence-electron chi connectivity index (χ3n) is 1.92. The third kappa shape index (κ3) is 4.78. The summed E-state index contributed by atoms with van der Waals surface area (Å²) in [5.74, 6) is -0.444. The van der Waals surface area contributed by atoms with Crippen LogP contribution in [0.5, 0.6) is 0 Å². The summed E-state index contributed by atoms with van der Waals surface area (Å²) >= 11 is 0. The van der Waals surface area contributed by atoms with Crippen LogP contribution in [0.4, 0.5) is 5.69 Å². The van der Waals surface area contributed by atoms with Crippen LogP contribution in [0.3, 0.4) is 0 Å². The number of hydrogen-bond acceptors (Lipinski definition) is 4. The molecule has 0 aliphatic carbocycles. The number of nitro benzene ring substituents is 1. The molecule has 0 bridgehead atoms. The second kappa shape index (κ2) is 5.44. The molecule has 0 radical (unpaired) electrons. The zero-order valence-corrected chi connectivity index (χ0v) is 10.5. The molecule has 0 aliphatic heterocycles. The standard InChI is InChI=1S/C13H15NO4/c1-13(2,3)18-12(15)9-6-10-4-7-11(8-5-10)14(16)17/h4-9H,1-3H3. The lowest BCUT2D eigenvalue weighted by Crippen LogP contribution is -2.22. The molecular weight excluding hydrogens is 234 g/mol. The summed E-state index contributed by atoms with van der Waals surface area (Å²) in [6.07, 6.45) is 2.85. The van der Waals surface area contributed by atoms with E-state index >= 15 is 0 Å². The Morgan fingerprint density at radius 1 is 1.28 bits per heavy atom. The van der Waals surface area contributed by atoms with E-state index in [1.165, 1.54) is 18.2 Å². The molecule has 1 aromatic carbocycles. The fourth-order valence-corrected chi connectivity index (χ4v) is 1.21. The molecule has 0 atom stereocenters. The molecule has 1 aromatic rings. The number of non-ortho nitro benzene ring substituents is 1. The summed E-state index contributed by atoms with van der Waals surface area (Å²) in [4.78, 5) is 21.4. The van der Waals surface area contributed by atoms with E-state index in [0.717, 1.165) is 0 Å². The van der Waals surface area contributed by atoms with Crippen molar-refractivity contribution in [3.8, 4) is 0 Å². The summed E-state index contributed by atoms with van der Waals surface area (Å²) in [5.41, 5.74) is 0.188. The summed E-state index contributed by atoms with van der Waals surface area (Å²) < 4.78 is 5.09. The van der Waals surface area contributed by atoms with Crippen molar-refractivity contribution in [2.75, 3.05) is 0 Å². The minimum Gasteiger partial charge on any atom is -0.457 e. The number of carbonyl (C=O) groups excluding carboxylic acids is 1. The van der Waals surface area contributed by atoms with Gasteiger partial charge in [0.15, 0.2) is 0 Å². The third-order valence-corrected chi connectivity index (χ3v) is 1.92. The Morgan fingerprint density at radius 2 is 1.83 bits per heavy atom. The molecule has 0 unspecified atom stereocenters. The van der Waals surface area contributed by atoms with Crippen molar-refractivity contribution in [1.29, 1.82) is 0 Å². The Labute approximate surface area is 105 Å². The lowest BCUT2D eigenvalue weighted by atomic mass is 10.2. The van der Waals surface area contributed by atoms with Gasteiger partial charge in [-0.25, -0.2) is 4.79 Å². The Balaban J connectivity index is 2.67. The first-order chi connectivity index (χ1) is 8.28. The molecule has 0 heterocycles. The second-order valence-corrected chi connectivity index (χ2v) is 4.72. The van der Waals surface area contributed by atoms with Crippen LogP contribution in [0.15, 0.2) is 30.3 Å². The molecular formula is C13H15NO4. The van der Waals surface area contributed by atoms with E-state index in [1.54, 1.807) is 39.0 Å². The van der Waals surface area contributed by atoms with Gasteiger partial charge in [-0.3, -0.25) is 10.1 Å². The van der Waals surface area contributed by atoms with Crippen LogP contribution in [0.25, 0.3) is 6.08 Å². The SMILES string of the molecule is CC(C)(C)OC(=O)C=Cc1ccc([N+](=O)[O-])cc1. The van der Waals surface area contributed by atoms with Gasteiger partial charge in [0.05, 0.1) is 4.92 Å². The van der Waals surface area contributed by atoms with Crippen LogP contribution in [-0.4, -0.2) is 16.5 Å². The Morgan fingerprint density at radius 3 is 2.28 bits per heavy atom. The van der Waals surface area contributed by atoms with Crippen molar-refractivity contribution in [3.63, 3.8) is 0 Å². The van der Waals surface area contributed by atoms with Gasteiger partial charge in [-0.1, -0.05) is 0 Å². The minimum absolute atomic E-state index is 0.0180. The first kappa shape index (κ1) is 13.9. The molecule has 0 aliphatic rings. The number of carbonyl (C=O) groups is 1. The average molecular weight is 249 g/mol. The monoisotopic (exact) mass is 249 g/mol. The zero-order valence-electron chi connectivity index (χ0n) is 10.5. The smallest absolute Gasteiger partial charge is 0.331 e. The van der Waals surface area contributed by atoms with Gasteiger partial charge in [0.2, 0.25) is 0 Å². The highest BCUT2D eigenvalue weighted by Gasteiger charge is 2.13. The topological polar surface area (TPSA) is 69.4 Å². The average Bonchev–Trinajstić information content (AvgIpc) is 2.24. The van der Waals surface area contributed by atoms with E-state index in [1.807, 2.05) is 0 Å². The molecule has 0 fully saturated rings. The van der Waals surface area contributed by atoms with Gasteiger partial charge >= 0.3 is 5.97 Å². The Hall–Kier alpha value is -2.17. The predicted octanol–water partition coefficient (Wildman–Crippen LogP) is 2.95. The number of benzene rings is 1. The molecule has 5 heteroatoms. The number of hydrogen-bond donors (Lipinski definition) is 0. The molecule has 18 heavy (non-hydrogen) atoms. The van der Waals surface area contributed by atoms with Crippen molar-refractivity contribution in [3.05, 3.63) is 46.0 Å². The Bertz CT molecular complexity index is 469. The van der Waals surface area contributed by atoms with Crippen LogP contribution < -0.4 is 0 Å². The highest BCUT2D eigenvalue weighted by atomic mass is 16.6. The van der Waals surface area contributed by atoms with Crippen molar-refractivity contribution in [2.45, 2.75) is 26.4 Å². The van der Waals surface area contributed by atoms with Gasteiger partial charge < -0.3 is 4.74 Å². The van der Waals surface area contributed by atoms with Gasteiger partial charge in [-0.05, 0) is 44.5 Å². The van der Waals surface area contributed by atoms with Gasteiger partial charge in [0.1, 0.15) is 5.60 Å². The van der Waals surface area contributed by atoms with E-state index in [4.69, 9.17) is 4.74 Å². The number of esters is 1. The quantitative estimate of drug-likeness (QED) is 0.357. The van der Waals surface area contributed by atoms with Crippen LogP contribution >= 0.6 is 0 Å². The number of rotatable bonds is 3. The summed E-state index contributed by atoms with van der Waals surface area (Å²) in [5, 5.41) is 10.4. The van der Waals surface area contributed by atoms with Gasteiger partial charge in [-0.2, -0.15) is 0 Å². The molecule has 0 saturated carbocycles. The predicted molar refractivity (Wildman–Crippen MR) is 68.0 cm³/mol. The summed E-state index contributed by atoms with van der Waals surface area (Å²) in [6, 6.07) is 5.90. The summed E-state index contributed by atoms with van der Waals surface area (Å²) in [6.45, 7) is 5.35. The summed E-state index contributed by atoms with van der Waals surface area (Å²) in [7, 11) is 0. The van der Waals surface area contributed by atoms with Gasteiger partial charge in [0, 0.05) is 18.2 Å². The normalized spacial score (nSPS) is 11.5. The number of ether oxygens (including phenoxy) is 1. The van der Waals surface area contributed by atoms with Crippen LogP contribution in [0.2, 0.25) is 0 Å². The molecule has 96 valence electrons. The molecule has 0 N–H and O–H groups in total. The second-order valence-electron chi connectivity index (χ2n) is 4.72. The molecule has 0 amide bonds. The van der Waals surface area contributed by atoms with Crippen molar-refractivity contribution < 1.29 is 14.5 Å². The van der Waals surface area contributed by atoms with Gasteiger partial charge in [-0.15, -0.1) is 0 Å². The number of nitrogens with zero attached hydrogens (tertiary/aromatic N) is 1. The van der Waals surface area contributed by atoms with Crippen LogP contribution in [0.1, 0.15) is 26.3 Å². The first-order valence-electron chi connectivity index (χ1n) is 5.43. The van der Waals surface area contributed by atoms with Gasteiger partial charge in [0.25, 0.3) is 5.69 Å². The molecule has 0 aromatic heterocycles. The number of nitro groups is 1. The maximum Gasteiger partial charge on any atom is 0.331 e. The lowest BCUT2D eigenvalue weighted by Gasteiger charge is -2.17. The highest BCUT2D eigenvalue weighted by Crippen LogP contribution is 2.13. The Kier molecular flexibility index (Phi) is 4.20. The fourth-order valence-electron chi connectivity index (χ4n) is 1.21. The van der Waals surface area contributed by atoms with Crippen molar-refractivity contribution >= 4 is 17.7 Å². The van der Waals surface area contributed by atoms with E-state index in [-0.39, 0.29) is 5.69 Å². The zero-order chi connectivity index (χ0) is 13.8. The molecule has 0 spiro atoms. The lowest BCUT2D eigenvalue weighted by molar-refractivity contribution is -0.384.